The fraction of sp³-hybridized carbons (Fsp3) is 0.467. The van der Waals surface area contributed by atoms with Crippen LogP contribution in [0.5, 0.6) is 11.5 Å². The predicted octanol–water partition coefficient (Wildman–Crippen LogP) is 2.35. The summed E-state index contributed by atoms with van der Waals surface area (Å²) in [5.41, 5.74) is -2.37. The second kappa shape index (κ2) is 7.10. The summed E-state index contributed by atoms with van der Waals surface area (Å²) in [5, 5.41) is 12.4. The fourth-order valence-electron chi connectivity index (χ4n) is 2.03. The van der Waals surface area contributed by atoms with E-state index < -0.39 is 18.3 Å². The molecule has 0 saturated carbocycles. The Labute approximate surface area is 131 Å². The van der Waals surface area contributed by atoms with E-state index >= 15 is 0 Å². The highest BCUT2D eigenvalue weighted by atomic mass is 19.4. The topological polar surface area (TPSA) is 60.0 Å². The highest BCUT2D eigenvalue weighted by molar-refractivity contribution is 5.48. The molecule has 0 aliphatic carbocycles. The van der Waals surface area contributed by atoms with E-state index in [1.165, 1.54) is 0 Å². The molecule has 0 bridgehead atoms. The lowest BCUT2D eigenvalue weighted by Gasteiger charge is -2.27. The van der Waals surface area contributed by atoms with Gasteiger partial charge in [0.15, 0.2) is 17.1 Å². The maximum Gasteiger partial charge on any atom is 0.422 e. The van der Waals surface area contributed by atoms with Gasteiger partial charge in [-0.05, 0) is 19.1 Å². The minimum absolute atomic E-state index is 0.0793. The van der Waals surface area contributed by atoms with Gasteiger partial charge in [0.25, 0.3) is 0 Å². The van der Waals surface area contributed by atoms with E-state index in [1.54, 1.807) is 25.1 Å². The first kappa shape index (κ1) is 17.4. The average Bonchev–Trinajstić information content (AvgIpc) is 2.96. The summed E-state index contributed by atoms with van der Waals surface area (Å²) >= 11 is 0. The number of rotatable bonds is 7. The number of halogens is 3. The van der Waals surface area contributed by atoms with Gasteiger partial charge >= 0.3 is 6.18 Å². The summed E-state index contributed by atoms with van der Waals surface area (Å²) in [7, 11) is 0. The molecule has 0 spiro atoms. The number of nitrogens with one attached hydrogen (secondary N) is 1. The van der Waals surface area contributed by atoms with E-state index in [1.807, 2.05) is 0 Å². The van der Waals surface area contributed by atoms with Crippen LogP contribution in [0.25, 0.3) is 0 Å². The van der Waals surface area contributed by atoms with Crippen LogP contribution in [0, 0.1) is 0 Å². The van der Waals surface area contributed by atoms with E-state index in [2.05, 4.69) is 5.32 Å². The number of ether oxygens (including phenoxy) is 3. The largest absolute Gasteiger partial charge is 0.502 e. The Balaban J connectivity index is 2.01. The van der Waals surface area contributed by atoms with Crippen LogP contribution in [0.2, 0.25) is 0 Å². The molecule has 5 nitrogen and oxygen atoms in total. The number of hydrogen-bond acceptors (Lipinski definition) is 5. The second-order valence-corrected chi connectivity index (χ2v) is 4.93. The standard InChI is InChI=1S/C15H18F3NO4/c1-2-21-7-6-14(20,15(16,17)18)9-19-8-11-4-3-5-12-13(11)23-10-22-12/h3-7,19-20H,2,8-10H2,1H3/b7-6+. The van der Waals surface area contributed by atoms with Crippen molar-refractivity contribution in [2.75, 3.05) is 19.9 Å². The molecule has 0 fully saturated rings. The molecule has 0 amide bonds. The predicted molar refractivity (Wildman–Crippen MR) is 76.0 cm³/mol. The number of aliphatic hydroxyl groups is 1. The molecule has 23 heavy (non-hydrogen) atoms. The first-order valence-electron chi connectivity index (χ1n) is 7.04. The third-order valence-corrected chi connectivity index (χ3v) is 3.29. The molecule has 2 N–H and O–H groups in total. The lowest BCUT2D eigenvalue weighted by Crippen LogP contribution is -2.51. The first-order valence-corrected chi connectivity index (χ1v) is 7.04. The molecule has 1 unspecified atom stereocenters. The summed E-state index contributed by atoms with van der Waals surface area (Å²) in [4.78, 5) is 0. The van der Waals surface area contributed by atoms with Crippen LogP contribution < -0.4 is 14.8 Å². The smallest absolute Gasteiger partial charge is 0.422 e. The summed E-state index contributed by atoms with van der Waals surface area (Å²) in [6.07, 6.45) is -3.38. The Kier molecular flexibility index (Phi) is 5.38. The van der Waals surface area contributed by atoms with Gasteiger partial charge in [0, 0.05) is 18.7 Å². The van der Waals surface area contributed by atoms with E-state index in [0.717, 1.165) is 6.26 Å². The normalized spacial score (nSPS) is 16.6. The minimum Gasteiger partial charge on any atom is -0.502 e. The number of benzene rings is 1. The number of para-hydroxylation sites is 1. The summed E-state index contributed by atoms with van der Waals surface area (Å²) < 4.78 is 54.3. The molecular weight excluding hydrogens is 315 g/mol. The van der Waals surface area contributed by atoms with Crippen molar-refractivity contribution >= 4 is 0 Å². The van der Waals surface area contributed by atoms with Gasteiger partial charge in [-0.3, -0.25) is 0 Å². The van der Waals surface area contributed by atoms with Gasteiger partial charge in [-0.25, -0.2) is 0 Å². The molecule has 1 aromatic rings. The van der Waals surface area contributed by atoms with Crippen LogP contribution in [0.15, 0.2) is 30.5 Å². The van der Waals surface area contributed by atoms with Gasteiger partial charge in [0.05, 0.1) is 12.9 Å². The van der Waals surface area contributed by atoms with Crippen molar-refractivity contribution in [1.82, 2.24) is 5.32 Å². The highest BCUT2D eigenvalue weighted by Crippen LogP contribution is 2.35. The van der Waals surface area contributed by atoms with Crippen LogP contribution in [-0.2, 0) is 11.3 Å². The van der Waals surface area contributed by atoms with Crippen molar-refractivity contribution in [2.45, 2.75) is 25.2 Å². The second-order valence-electron chi connectivity index (χ2n) is 4.93. The van der Waals surface area contributed by atoms with Gasteiger partial charge < -0.3 is 24.6 Å². The van der Waals surface area contributed by atoms with Gasteiger partial charge in [0.2, 0.25) is 6.79 Å². The van der Waals surface area contributed by atoms with E-state index in [0.29, 0.717) is 23.1 Å². The van der Waals surface area contributed by atoms with Crippen molar-refractivity contribution in [3.8, 4) is 11.5 Å². The van der Waals surface area contributed by atoms with Gasteiger partial charge in [-0.2, -0.15) is 13.2 Å². The molecule has 0 radical (unpaired) electrons. The fourth-order valence-corrected chi connectivity index (χ4v) is 2.03. The highest BCUT2D eigenvalue weighted by Gasteiger charge is 2.51. The van der Waals surface area contributed by atoms with Crippen molar-refractivity contribution < 1.29 is 32.5 Å². The molecule has 0 saturated heterocycles. The molecule has 128 valence electrons. The zero-order valence-corrected chi connectivity index (χ0v) is 12.5. The first-order chi connectivity index (χ1) is 10.9. The molecule has 1 heterocycles. The Bertz CT molecular complexity index is 562. The zero-order chi connectivity index (χ0) is 16.9. The Morgan fingerprint density at radius 3 is 2.83 bits per heavy atom. The molecule has 1 atom stereocenters. The van der Waals surface area contributed by atoms with E-state index in [9.17, 15) is 18.3 Å². The zero-order valence-electron chi connectivity index (χ0n) is 12.5. The Morgan fingerprint density at radius 2 is 2.13 bits per heavy atom. The van der Waals surface area contributed by atoms with Gasteiger partial charge in [-0.15, -0.1) is 0 Å². The molecule has 1 aromatic carbocycles. The van der Waals surface area contributed by atoms with Crippen molar-refractivity contribution in [3.05, 3.63) is 36.1 Å². The number of hydrogen-bond donors (Lipinski definition) is 2. The molecule has 1 aliphatic heterocycles. The van der Waals surface area contributed by atoms with Crippen molar-refractivity contribution in [1.29, 1.82) is 0 Å². The monoisotopic (exact) mass is 333 g/mol. The summed E-state index contributed by atoms with van der Waals surface area (Å²) in [6.45, 7) is 1.30. The van der Waals surface area contributed by atoms with Crippen LogP contribution in [0.3, 0.4) is 0 Å². The minimum atomic E-state index is -4.83. The molecule has 1 aliphatic rings. The van der Waals surface area contributed by atoms with Crippen molar-refractivity contribution in [3.63, 3.8) is 0 Å². The van der Waals surface area contributed by atoms with E-state index in [4.69, 9.17) is 14.2 Å². The molecule has 8 heteroatoms. The maximum atomic E-state index is 13.0. The van der Waals surface area contributed by atoms with Crippen LogP contribution in [-0.4, -0.2) is 36.8 Å². The third kappa shape index (κ3) is 4.08. The molecule has 0 aromatic heterocycles. The SMILES string of the molecule is CCO/C=C/C(O)(CNCc1cccc2c1OCO2)C(F)(F)F. The lowest BCUT2D eigenvalue weighted by atomic mass is 10.0. The van der Waals surface area contributed by atoms with Gasteiger partial charge in [0.1, 0.15) is 0 Å². The third-order valence-electron chi connectivity index (χ3n) is 3.29. The van der Waals surface area contributed by atoms with Gasteiger partial charge in [-0.1, -0.05) is 12.1 Å². The quantitative estimate of drug-likeness (QED) is 0.750. The number of alkyl halides is 3. The molecular formula is C15H18F3NO4. The lowest BCUT2D eigenvalue weighted by molar-refractivity contribution is -0.238. The maximum absolute atomic E-state index is 13.0. The summed E-state index contributed by atoms with van der Waals surface area (Å²) in [6, 6.07) is 5.14. The van der Waals surface area contributed by atoms with Crippen LogP contribution in [0.1, 0.15) is 12.5 Å². The summed E-state index contributed by atoms with van der Waals surface area (Å²) in [5.74, 6) is 1.05. The number of fused-ring (bicyclic) bond motifs is 1. The van der Waals surface area contributed by atoms with Crippen LogP contribution in [0.4, 0.5) is 13.2 Å². The Morgan fingerprint density at radius 1 is 1.35 bits per heavy atom. The molecule has 2 rings (SSSR count). The average molecular weight is 333 g/mol. The Hall–Kier alpha value is -1.93. The van der Waals surface area contributed by atoms with E-state index in [-0.39, 0.29) is 19.9 Å². The van der Waals surface area contributed by atoms with Crippen molar-refractivity contribution in [2.24, 2.45) is 0 Å². The van der Waals surface area contributed by atoms with Crippen LogP contribution >= 0.6 is 0 Å².